The van der Waals surface area contributed by atoms with Crippen LogP contribution in [0.3, 0.4) is 0 Å². The van der Waals surface area contributed by atoms with Crippen LogP contribution in [0, 0.1) is 23.2 Å². The maximum atomic E-state index is 16.0. The molecule has 3 aromatic rings. The lowest BCUT2D eigenvalue weighted by atomic mass is 9.51. The lowest BCUT2D eigenvalue weighted by Crippen LogP contribution is -2.51. The Morgan fingerprint density at radius 1 is 1.00 bits per heavy atom. The molecule has 2 N–H and O–H groups in total. The number of amides is 1. The molecule has 2 fully saturated rings. The zero-order valence-corrected chi connectivity index (χ0v) is 27.0. The third-order valence-corrected chi connectivity index (χ3v) is 11.6. The van der Waals surface area contributed by atoms with E-state index in [2.05, 4.69) is 37.3 Å². The van der Waals surface area contributed by atoms with Crippen LogP contribution < -0.4 is 0 Å². The fourth-order valence-electron chi connectivity index (χ4n) is 9.29. The van der Waals surface area contributed by atoms with E-state index < -0.39 is 12.3 Å². The number of hydrogen-bond donors (Lipinski definition) is 2. The van der Waals surface area contributed by atoms with Crippen LogP contribution in [0.4, 0.5) is 4.39 Å². The second-order valence-corrected chi connectivity index (χ2v) is 14.3. The number of aliphatic hydroxyl groups excluding tert-OH is 1. The Balaban J connectivity index is 1.05. The molecule has 45 heavy (non-hydrogen) atoms. The summed E-state index contributed by atoms with van der Waals surface area (Å²) in [5, 5.41) is 23.5. The summed E-state index contributed by atoms with van der Waals surface area (Å²) in [6.07, 6.45) is 7.17. The zero-order valence-electron chi connectivity index (χ0n) is 27.0. The van der Waals surface area contributed by atoms with Gasteiger partial charge in [-0.15, -0.1) is 0 Å². The minimum absolute atomic E-state index is 0.136. The van der Waals surface area contributed by atoms with E-state index in [1.807, 2.05) is 29.2 Å². The molecule has 0 aliphatic heterocycles. The summed E-state index contributed by atoms with van der Waals surface area (Å²) in [4.78, 5) is 15.3. The fraction of sp³-hybridized carbons (Fsp3) is 0.564. The first kappa shape index (κ1) is 32.0. The summed E-state index contributed by atoms with van der Waals surface area (Å²) in [7, 11) is 1.67. The van der Waals surface area contributed by atoms with Gasteiger partial charge in [0.25, 0.3) is 0 Å². The van der Waals surface area contributed by atoms with Crippen molar-refractivity contribution >= 4 is 16.7 Å². The number of phenolic OH excluding ortho intramolecular Hbond substituents is 1. The van der Waals surface area contributed by atoms with Crippen molar-refractivity contribution in [1.29, 1.82) is 0 Å². The SMILES string of the molecule is COCCN(CCCCCC[C@@H]1Cc2cc(O)ccc2[C@@H]2[C@@H]1[C@@H]1CC[C@H](O)[C@@]1(C)C[C@@H]2F)C(=O)Cc1ccc2ccccc2c1. The first-order valence-electron chi connectivity index (χ1n) is 17.2. The number of alkyl halides is 1. The number of aromatic hydroxyl groups is 1. The molecule has 7 atom stereocenters. The molecule has 6 heteroatoms. The number of methoxy groups -OCH3 is 1. The topological polar surface area (TPSA) is 70.0 Å². The number of carbonyl (C=O) groups is 1. The molecule has 0 aromatic heterocycles. The average Bonchev–Trinajstić information content (AvgIpc) is 3.32. The highest BCUT2D eigenvalue weighted by molar-refractivity contribution is 5.85. The van der Waals surface area contributed by atoms with E-state index >= 15 is 4.39 Å². The van der Waals surface area contributed by atoms with Crippen LogP contribution in [0.5, 0.6) is 5.75 Å². The Morgan fingerprint density at radius 3 is 2.62 bits per heavy atom. The van der Waals surface area contributed by atoms with Gasteiger partial charge in [-0.3, -0.25) is 4.79 Å². The van der Waals surface area contributed by atoms with Gasteiger partial charge in [0.05, 0.1) is 19.1 Å². The molecule has 3 aliphatic rings. The molecule has 242 valence electrons. The molecular formula is C39H50FNO4. The van der Waals surface area contributed by atoms with E-state index in [0.717, 1.165) is 80.0 Å². The van der Waals surface area contributed by atoms with Gasteiger partial charge in [-0.1, -0.05) is 74.7 Å². The van der Waals surface area contributed by atoms with Gasteiger partial charge in [0, 0.05) is 26.1 Å². The molecule has 0 unspecified atom stereocenters. The number of aliphatic hydroxyl groups is 1. The Bertz CT molecular complexity index is 1480. The van der Waals surface area contributed by atoms with E-state index in [0.29, 0.717) is 37.8 Å². The van der Waals surface area contributed by atoms with Gasteiger partial charge in [0.2, 0.25) is 5.91 Å². The number of carbonyl (C=O) groups excluding carboxylic acids is 1. The van der Waals surface area contributed by atoms with Crippen LogP contribution in [0.1, 0.15) is 80.9 Å². The lowest BCUT2D eigenvalue weighted by Gasteiger charge is -2.54. The molecule has 0 radical (unpaired) electrons. The molecule has 1 amide bonds. The predicted molar refractivity (Wildman–Crippen MR) is 177 cm³/mol. The van der Waals surface area contributed by atoms with Gasteiger partial charge in [-0.25, -0.2) is 4.39 Å². The molecule has 6 rings (SSSR count). The predicted octanol–water partition coefficient (Wildman–Crippen LogP) is 7.60. The van der Waals surface area contributed by atoms with E-state index in [4.69, 9.17) is 4.74 Å². The number of hydrogen-bond acceptors (Lipinski definition) is 4. The Kier molecular flexibility index (Phi) is 9.82. The average molecular weight is 616 g/mol. The number of ether oxygens (including phenoxy) is 1. The fourth-order valence-corrected chi connectivity index (χ4v) is 9.29. The van der Waals surface area contributed by atoms with Crippen LogP contribution in [-0.2, 0) is 22.4 Å². The maximum Gasteiger partial charge on any atom is 0.227 e. The van der Waals surface area contributed by atoms with Crippen molar-refractivity contribution in [3.8, 4) is 5.75 Å². The molecule has 0 saturated heterocycles. The van der Waals surface area contributed by atoms with Crippen molar-refractivity contribution < 1.29 is 24.1 Å². The third kappa shape index (κ3) is 6.64. The van der Waals surface area contributed by atoms with Crippen molar-refractivity contribution in [3.05, 3.63) is 77.4 Å². The minimum atomic E-state index is -0.972. The van der Waals surface area contributed by atoms with Crippen LogP contribution >= 0.6 is 0 Å². The van der Waals surface area contributed by atoms with Gasteiger partial charge < -0.3 is 19.8 Å². The first-order valence-corrected chi connectivity index (χ1v) is 17.2. The number of nitrogens with zero attached hydrogens (tertiary/aromatic N) is 1. The third-order valence-electron chi connectivity index (χ3n) is 11.6. The molecule has 0 heterocycles. The van der Waals surface area contributed by atoms with E-state index in [9.17, 15) is 15.0 Å². The smallest absolute Gasteiger partial charge is 0.227 e. The summed E-state index contributed by atoms with van der Waals surface area (Å²) in [6, 6.07) is 20.0. The zero-order chi connectivity index (χ0) is 31.6. The Hall–Kier alpha value is -2.96. The second kappa shape index (κ2) is 13.8. The Morgan fingerprint density at radius 2 is 1.80 bits per heavy atom. The van der Waals surface area contributed by atoms with Gasteiger partial charge in [-0.2, -0.15) is 0 Å². The molecule has 0 spiro atoms. The van der Waals surface area contributed by atoms with E-state index in [1.54, 1.807) is 13.2 Å². The van der Waals surface area contributed by atoms with Gasteiger partial charge in [0.1, 0.15) is 11.9 Å². The van der Waals surface area contributed by atoms with Crippen molar-refractivity contribution in [2.24, 2.45) is 23.2 Å². The minimum Gasteiger partial charge on any atom is -0.508 e. The van der Waals surface area contributed by atoms with Gasteiger partial charge >= 0.3 is 0 Å². The molecule has 3 aromatic carbocycles. The summed E-state index contributed by atoms with van der Waals surface area (Å²) in [5.41, 5.74) is 2.86. The van der Waals surface area contributed by atoms with E-state index in [1.165, 1.54) is 5.39 Å². The molecule has 0 bridgehead atoms. The molecule has 5 nitrogen and oxygen atoms in total. The highest BCUT2D eigenvalue weighted by atomic mass is 19.1. The maximum absolute atomic E-state index is 16.0. The number of phenols is 1. The number of halogens is 1. The van der Waals surface area contributed by atoms with Crippen molar-refractivity contribution in [2.75, 3.05) is 26.8 Å². The normalized spacial score (nSPS) is 28.8. The van der Waals surface area contributed by atoms with Crippen molar-refractivity contribution in [2.45, 2.75) is 89.3 Å². The lowest BCUT2D eigenvalue weighted by molar-refractivity contribution is -0.131. The second-order valence-electron chi connectivity index (χ2n) is 14.3. The summed E-state index contributed by atoms with van der Waals surface area (Å²) >= 11 is 0. The largest absolute Gasteiger partial charge is 0.508 e. The summed E-state index contributed by atoms with van der Waals surface area (Å²) < 4.78 is 21.4. The van der Waals surface area contributed by atoms with Crippen molar-refractivity contribution in [1.82, 2.24) is 4.90 Å². The highest BCUT2D eigenvalue weighted by Gasteiger charge is 2.59. The summed E-state index contributed by atoms with van der Waals surface area (Å²) in [6.45, 7) is 3.96. The number of rotatable bonds is 12. The quantitative estimate of drug-likeness (QED) is 0.206. The number of fused-ring (bicyclic) bond motifs is 6. The number of benzene rings is 3. The highest BCUT2D eigenvalue weighted by Crippen LogP contribution is 2.63. The van der Waals surface area contributed by atoms with Crippen LogP contribution in [0.25, 0.3) is 10.8 Å². The first-order chi connectivity index (χ1) is 21.8. The van der Waals surface area contributed by atoms with Crippen LogP contribution in [0.2, 0.25) is 0 Å². The molecule has 2 saturated carbocycles. The van der Waals surface area contributed by atoms with Crippen LogP contribution in [-0.4, -0.2) is 60.1 Å². The monoisotopic (exact) mass is 615 g/mol. The molecule has 3 aliphatic carbocycles. The van der Waals surface area contributed by atoms with Gasteiger partial charge in [-0.05, 0) is 101 Å². The van der Waals surface area contributed by atoms with Crippen LogP contribution in [0.15, 0.2) is 60.7 Å². The molecular weight excluding hydrogens is 565 g/mol. The van der Waals surface area contributed by atoms with E-state index in [-0.39, 0.29) is 28.9 Å². The standard InChI is InChI=1S/C39H50FNO4/c1-39-25-34(40)38-32-15-14-31(42)24-30(32)23-29(37(38)33(39)16-17-35(39)43)11-5-3-4-8-18-41(19-20-45-2)36(44)22-26-12-13-27-9-6-7-10-28(27)21-26/h6-7,9-10,12-15,21,24,29,33-35,37-38,42-43H,3-5,8,11,16-20,22-23,25H2,1-2H3/t29-,33+,34+,35+,37+,38+,39+/m1/s1. The number of unbranched alkanes of at least 4 members (excludes halogenated alkanes) is 3. The van der Waals surface area contributed by atoms with Gasteiger partial charge in [0.15, 0.2) is 0 Å². The van der Waals surface area contributed by atoms with Crippen molar-refractivity contribution in [3.63, 3.8) is 0 Å². The summed E-state index contributed by atoms with van der Waals surface area (Å²) in [5.74, 6) is 1.15. The Labute approximate surface area is 267 Å².